The van der Waals surface area contributed by atoms with E-state index in [0.29, 0.717) is 11.3 Å². The Morgan fingerprint density at radius 1 is 1.17 bits per heavy atom. The van der Waals surface area contributed by atoms with Gasteiger partial charge in [-0.05, 0) is 36.6 Å². The van der Waals surface area contributed by atoms with Crippen LogP contribution in [0.4, 0.5) is 17.6 Å². The third kappa shape index (κ3) is 5.50. The lowest BCUT2D eigenvalue weighted by atomic mass is 10.0. The summed E-state index contributed by atoms with van der Waals surface area (Å²) in [4.78, 5) is 42.6. The van der Waals surface area contributed by atoms with Crippen LogP contribution in [0.1, 0.15) is 34.5 Å². The quantitative estimate of drug-likeness (QED) is 0.472. The minimum absolute atomic E-state index is 0.0301. The molecule has 0 spiro atoms. The van der Waals surface area contributed by atoms with Crippen molar-refractivity contribution >= 4 is 40.6 Å². The summed E-state index contributed by atoms with van der Waals surface area (Å²) in [6.45, 7) is -0.0601. The van der Waals surface area contributed by atoms with Crippen molar-refractivity contribution in [1.29, 1.82) is 0 Å². The van der Waals surface area contributed by atoms with Crippen molar-refractivity contribution in [1.82, 2.24) is 19.8 Å². The SMILES string of the molecule is O=C(NC1CCN(OC(=O)C(F)(F)F)CC1)c1cc(Cc2c[nH]c(=O)c3cc(Cl)c(Cl)n23)ccc1F. The molecule has 3 heterocycles. The molecule has 4 rings (SSSR count). The third-order valence-electron chi connectivity index (χ3n) is 5.68. The van der Waals surface area contributed by atoms with Crippen LogP contribution in [0.2, 0.25) is 10.2 Å². The van der Waals surface area contributed by atoms with Gasteiger partial charge in [0.05, 0.1) is 10.6 Å². The van der Waals surface area contributed by atoms with E-state index in [0.717, 1.165) is 11.1 Å². The van der Waals surface area contributed by atoms with E-state index < -0.39 is 35.5 Å². The summed E-state index contributed by atoms with van der Waals surface area (Å²) in [6, 6.07) is 4.94. The van der Waals surface area contributed by atoms with Crippen LogP contribution in [0.5, 0.6) is 0 Å². The smallest absolute Gasteiger partial charge is 0.361 e. The van der Waals surface area contributed by atoms with Crippen LogP contribution in [0.15, 0.2) is 35.3 Å². The number of nitrogens with one attached hydrogen (secondary N) is 2. The zero-order valence-corrected chi connectivity index (χ0v) is 19.8. The van der Waals surface area contributed by atoms with Gasteiger partial charge in [-0.1, -0.05) is 29.3 Å². The molecule has 8 nitrogen and oxygen atoms in total. The zero-order valence-electron chi connectivity index (χ0n) is 18.3. The summed E-state index contributed by atoms with van der Waals surface area (Å²) in [5, 5.41) is 3.87. The number of hydrogen-bond donors (Lipinski definition) is 2. The van der Waals surface area contributed by atoms with Gasteiger partial charge in [0.1, 0.15) is 16.5 Å². The average Bonchev–Trinajstić information content (AvgIpc) is 3.13. The molecule has 1 aromatic carbocycles. The van der Waals surface area contributed by atoms with E-state index in [2.05, 4.69) is 15.1 Å². The first-order chi connectivity index (χ1) is 16.9. The molecule has 2 aromatic heterocycles. The van der Waals surface area contributed by atoms with Crippen LogP contribution >= 0.6 is 23.2 Å². The van der Waals surface area contributed by atoms with Crippen molar-refractivity contribution in [2.75, 3.05) is 13.1 Å². The highest BCUT2D eigenvalue weighted by atomic mass is 35.5. The van der Waals surface area contributed by atoms with E-state index in [1.165, 1.54) is 28.8 Å². The first-order valence-corrected chi connectivity index (χ1v) is 11.4. The van der Waals surface area contributed by atoms with Crippen LogP contribution in [-0.4, -0.2) is 51.6 Å². The molecule has 0 atom stereocenters. The molecule has 0 radical (unpaired) electrons. The predicted octanol–water partition coefficient (Wildman–Crippen LogP) is 3.88. The number of piperidine rings is 1. The average molecular weight is 549 g/mol. The maximum absolute atomic E-state index is 14.5. The van der Waals surface area contributed by atoms with Gasteiger partial charge in [-0.15, -0.1) is 5.06 Å². The first kappa shape index (κ1) is 26.0. The summed E-state index contributed by atoms with van der Waals surface area (Å²) in [6.07, 6.45) is -3.09. The molecule has 1 amide bonds. The van der Waals surface area contributed by atoms with Crippen molar-refractivity contribution in [3.05, 3.63) is 73.6 Å². The topological polar surface area (TPSA) is 95.9 Å². The molecule has 1 fully saturated rings. The Morgan fingerprint density at radius 3 is 2.53 bits per heavy atom. The van der Waals surface area contributed by atoms with Crippen molar-refractivity contribution in [3.63, 3.8) is 0 Å². The number of aromatic nitrogens is 2. The molecule has 1 aliphatic heterocycles. The Kier molecular flexibility index (Phi) is 7.30. The highest BCUT2D eigenvalue weighted by molar-refractivity contribution is 6.42. The molecule has 0 unspecified atom stereocenters. The minimum atomic E-state index is -5.10. The number of benzene rings is 1. The zero-order chi connectivity index (χ0) is 26.2. The lowest BCUT2D eigenvalue weighted by Gasteiger charge is -2.31. The van der Waals surface area contributed by atoms with Gasteiger partial charge in [-0.2, -0.15) is 13.2 Å². The third-order valence-corrected chi connectivity index (χ3v) is 6.44. The van der Waals surface area contributed by atoms with Crippen LogP contribution in [0.25, 0.3) is 5.52 Å². The Balaban J connectivity index is 1.44. The van der Waals surface area contributed by atoms with E-state index in [9.17, 15) is 31.9 Å². The normalized spacial score (nSPS) is 15.3. The number of hydroxylamine groups is 2. The summed E-state index contributed by atoms with van der Waals surface area (Å²) < 4.78 is 53.0. The number of rotatable bonds is 5. The maximum Gasteiger partial charge on any atom is 0.492 e. The molecule has 1 aliphatic rings. The Morgan fingerprint density at radius 2 is 1.86 bits per heavy atom. The molecule has 192 valence electrons. The van der Waals surface area contributed by atoms with Crippen molar-refractivity contribution < 1.29 is 32.0 Å². The predicted molar refractivity (Wildman–Crippen MR) is 121 cm³/mol. The molecule has 14 heteroatoms. The van der Waals surface area contributed by atoms with Crippen molar-refractivity contribution in [2.24, 2.45) is 0 Å². The van der Waals surface area contributed by atoms with Crippen molar-refractivity contribution in [3.8, 4) is 0 Å². The fourth-order valence-electron chi connectivity index (χ4n) is 3.91. The monoisotopic (exact) mass is 548 g/mol. The molecule has 2 N–H and O–H groups in total. The fraction of sp³-hybridized carbons (Fsp3) is 0.318. The van der Waals surface area contributed by atoms with Gasteiger partial charge < -0.3 is 15.1 Å². The maximum atomic E-state index is 14.5. The number of carbonyl (C=O) groups is 2. The number of fused-ring (bicyclic) bond motifs is 1. The van der Waals surface area contributed by atoms with Gasteiger partial charge in [0.2, 0.25) is 0 Å². The van der Waals surface area contributed by atoms with Gasteiger partial charge in [-0.25, -0.2) is 9.18 Å². The molecule has 3 aromatic rings. The Bertz CT molecular complexity index is 1380. The summed E-state index contributed by atoms with van der Waals surface area (Å²) in [5.41, 5.74) is 0.696. The van der Waals surface area contributed by atoms with Gasteiger partial charge in [0.25, 0.3) is 11.5 Å². The second-order valence-corrected chi connectivity index (χ2v) is 8.92. The van der Waals surface area contributed by atoms with Gasteiger partial charge in [-0.3, -0.25) is 14.0 Å². The number of nitrogens with zero attached hydrogens (tertiary/aromatic N) is 2. The molecular weight excluding hydrogens is 531 g/mol. The second kappa shape index (κ2) is 10.1. The molecule has 0 bridgehead atoms. The molecule has 1 saturated heterocycles. The summed E-state index contributed by atoms with van der Waals surface area (Å²) in [7, 11) is 0. The van der Waals surface area contributed by atoms with Crippen LogP contribution < -0.4 is 10.9 Å². The summed E-state index contributed by atoms with van der Waals surface area (Å²) in [5.74, 6) is -3.78. The molecule has 0 aliphatic carbocycles. The van der Waals surface area contributed by atoms with Crippen LogP contribution in [0.3, 0.4) is 0 Å². The largest absolute Gasteiger partial charge is 0.492 e. The first-order valence-electron chi connectivity index (χ1n) is 10.6. The summed E-state index contributed by atoms with van der Waals surface area (Å²) >= 11 is 12.3. The number of halogens is 6. The number of aromatic amines is 1. The highest BCUT2D eigenvalue weighted by Gasteiger charge is 2.43. The highest BCUT2D eigenvalue weighted by Crippen LogP contribution is 2.27. The van der Waals surface area contributed by atoms with Crippen LogP contribution in [-0.2, 0) is 16.1 Å². The molecule has 36 heavy (non-hydrogen) atoms. The lowest BCUT2D eigenvalue weighted by Crippen LogP contribution is -2.46. The van der Waals surface area contributed by atoms with E-state index in [1.54, 1.807) is 0 Å². The number of alkyl halides is 3. The Labute approximate surface area is 210 Å². The standard InChI is InChI=1S/C22H18Cl2F4N4O4/c23-15-9-17-20(34)29-10-13(32(17)18(15)24)7-11-1-2-16(25)14(8-11)19(33)30-12-3-5-31(6-4-12)36-21(35)22(26,27)28/h1-2,8-10,12H,3-7H2,(H,29,34)(H,30,33). The second-order valence-electron chi connectivity index (χ2n) is 8.16. The van der Waals surface area contributed by atoms with Gasteiger partial charge >= 0.3 is 12.1 Å². The fourth-order valence-corrected chi connectivity index (χ4v) is 4.35. The van der Waals surface area contributed by atoms with Crippen LogP contribution in [0, 0.1) is 5.82 Å². The number of H-pyrrole nitrogens is 1. The van der Waals surface area contributed by atoms with E-state index in [4.69, 9.17) is 23.2 Å². The number of carbonyl (C=O) groups excluding carboxylic acids is 2. The molecular formula is C22H18Cl2F4N4O4. The van der Waals surface area contributed by atoms with Crippen molar-refractivity contribution in [2.45, 2.75) is 31.5 Å². The van der Waals surface area contributed by atoms with E-state index in [1.807, 2.05) is 0 Å². The van der Waals surface area contributed by atoms with Gasteiger partial charge in [0.15, 0.2) is 0 Å². The molecule has 0 saturated carbocycles. The van der Waals surface area contributed by atoms with E-state index >= 15 is 0 Å². The number of hydrogen-bond acceptors (Lipinski definition) is 5. The van der Waals surface area contributed by atoms with E-state index in [-0.39, 0.29) is 53.6 Å². The Hall–Kier alpha value is -3.09. The lowest BCUT2D eigenvalue weighted by molar-refractivity contribution is -0.241. The minimum Gasteiger partial charge on any atom is -0.361 e. The van der Waals surface area contributed by atoms with Gasteiger partial charge in [0, 0.05) is 37.4 Å². The number of amides is 1.